The van der Waals surface area contributed by atoms with Crippen LogP contribution < -0.4 is 15.2 Å². The molecule has 1 aliphatic heterocycles. The first-order valence-corrected chi connectivity index (χ1v) is 6.91. The molecule has 2 aliphatic rings. The lowest BCUT2D eigenvalue weighted by Crippen LogP contribution is -2.35. The molecule has 0 aromatic heterocycles. The van der Waals surface area contributed by atoms with Crippen LogP contribution in [0.4, 0.5) is 18.9 Å². The van der Waals surface area contributed by atoms with Gasteiger partial charge in [0.2, 0.25) is 0 Å². The van der Waals surface area contributed by atoms with Crippen molar-refractivity contribution in [2.45, 2.75) is 31.6 Å². The number of nitrogen functional groups attached to an aromatic ring is 1. The van der Waals surface area contributed by atoms with Gasteiger partial charge >= 0.3 is 6.18 Å². The van der Waals surface area contributed by atoms with Gasteiger partial charge in [0.15, 0.2) is 11.5 Å². The number of nitrogens with zero attached hydrogens (tertiary/aromatic N) is 1. The van der Waals surface area contributed by atoms with E-state index in [0.717, 1.165) is 12.8 Å². The van der Waals surface area contributed by atoms with E-state index >= 15 is 0 Å². The fraction of sp³-hybridized carbons (Fsp3) is 0.571. The van der Waals surface area contributed by atoms with Crippen LogP contribution in [0, 0.1) is 0 Å². The number of nitrogens with two attached hydrogens (primary N) is 1. The third-order valence-electron chi connectivity index (χ3n) is 3.62. The van der Waals surface area contributed by atoms with Gasteiger partial charge in [0, 0.05) is 24.3 Å². The van der Waals surface area contributed by atoms with E-state index in [9.17, 15) is 13.2 Å². The minimum absolute atomic E-state index is 0.000717. The molecule has 1 saturated carbocycles. The Hall–Kier alpha value is -1.63. The number of hydrogen-bond donors (Lipinski definition) is 1. The van der Waals surface area contributed by atoms with Crippen LogP contribution in [0.25, 0.3) is 0 Å². The standard InChI is InChI=1S/C14H17F3N2O2/c15-14(16,17)8-19(10-1-2-10)7-9-5-12-13(6-11(9)18)21-4-3-20-12/h5-6,10H,1-4,7-8,18H2. The van der Waals surface area contributed by atoms with Crippen LogP contribution in [0.1, 0.15) is 18.4 Å². The molecule has 1 aromatic rings. The number of hydrogen-bond acceptors (Lipinski definition) is 4. The van der Waals surface area contributed by atoms with Crippen LogP contribution in [0.3, 0.4) is 0 Å². The number of halogens is 3. The van der Waals surface area contributed by atoms with Crippen molar-refractivity contribution in [1.29, 1.82) is 0 Å². The minimum atomic E-state index is -4.20. The molecule has 1 heterocycles. The number of fused-ring (bicyclic) bond motifs is 1. The van der Waals surface area contributed by atoms with Crippen molar-refractivity contribution in [1.82, 2.24) is 4.90 Å². The summed E-state index contributed by atoms with van der Waals surface area (Å²) in [6.07, 6.45) is -2.59. The average Bonchev–Trinajstić information content (AvgIpc) is 3.21. The Morgan fingerprint density at radius 3 is 2.33 bits per heavy atom. The zero-order chi connectivity index (χ0) is 15.0. The lowest BCUT2D eigenvalue weighted by atomic mass is 10.1. The number of ether oxygens (including phenoxy) is 2. The quantitative estimate of drug-likeness (QED) is 0.868. The molecular weight excluding hydrogens is 285 g/mol. The Morgan fingerprint density at radius 1 is 1.14 bits per heavy atom. The fourth-order valence-electron chi connectivity index (χ4n) is 2.49. The lowest BCUT2D eigenvalue weighted by Gasteiger charge is -2.25. The SMILES string of the molecule is Nc1cc2c(cc1CN(CC(F)(F)F)C1CC1)OCCO2. The third kappa shape index (κ3) is 3.53. The van der Waals surface area contributed by atoms with Crippen molar-refractivity contribution in [2.24, 2.45) is 0 Å². The van der Waals surface area contributed by atoms with E-state index in [4.69, 9.17) is 15.2 Å². The Kier molecular flexibility index (Phi) is 3.61. The second-order valence-electron chi connectivity index (χ2n) is 5.45. The Bertz CT molecular complexity index is 530. The molecule has 0 atom stereocenters. The molecule has 0 radical (unpaired) electrons. The summed E-state index contributed by atoms with van der Waals surface area (Å²) in [5.41, 5.74) is 7.02. The highest BCUT2D eigenvalue weighted by Crippen LogP contribution is 2.37. The van der Waals surface area contributed by atoms with Crippen LogP contribution in [-0.4, -0.2) is 36.9 Å². The summed E-state index contributed by atoms with van der Waals surface area (Å²) in [5.74, 6) is 1.10. The van der Waals surface area contributed by atoms with Crippen molar-refractivity contribution in [3.05, 3.63) is 17.7 Å². The van der Waals surface area contributed by atoms with E-state index < -0.39 is 12.7 Å². The van der Waals surface area contributed by atoms with Gasteiger partial charge in [-0.3, -0.25) is 4.90 Å². The molecule has 1 aromatic carbocycles. The molecule has 21 heavy (non-hydrogen) atoms. The zero-order valence-electron chi connectivity index (χ0n) is 11.4. The maximum atomic E-state index is 12.7. The summed E-state index contributed by atoms with van der Waals surface area (Å²) in [4.78, 5) is 1.43. The van der Waals surface area contributed by atoms with Gasteiger partial charge in [-0.1, -0.05) is 0 Å². The monoisotopic (exact) mass is 302 g/mol. The summed E-state index contributed by atoms with van der Waals surface area (Å²) in [6, 6.07) is 3.32. The van der Waals surface area contributed by atoms with Crippen molar-refractivity contribution >= 4 is 5.69 Å². The van der Waals surface area contributed by atoms with Crippen LogP contribution in [0.2, 0.25) is 0 Å². The molecule has 1 fully saturated rings. The highest BCUT2D eigenvalue weighted by atomic mass is 19.4. The first kappa shape index (κ1) is 14.3. The molecule has 0 amide bonds. The molecular formula is C14H17F3N2O2. The van der Waals surface area contributed by atoms with Crippen molar-refractivity contribution in [2.75, 3.05) is 25.5 Å². The Balaban J connectivity index is 1.79. The highest BCUT2D eigenvalue weighted by molar-refractivity contribution is 5.58. The summed E-state index contributed by atoms with van der Waals surface area (Å²) >= 11 is 0. The first-order chi connectivity index (χ1) is 9.92. The Labute approximate surface area is 120 Å². The molecule has 0 spiro atoms. The molecule has 116 valence electrons. The number of benzene rings is 1. The predicted molar refractivity (Wildman–Crippen MR) is 71.3 cm³/mol. The maximum Gasteiger partial charge on any atom is 0.401 e. The molecule has 1 aliphatic carbocycles. The van der Waals surface area contributed by atoms with Gasteiger partial charge in [-0.15, -0.1) is 0 Å². The van der Waals surface area contributed by atoms with E-state index in [1.807, 2.05) is 0 Å². The summed E-state index contributed by atoms with van der Waals surface area (Å²) in [7, 11) is 0. The van der Waals surface area contributed by atoms with Gasteiger partial charge < -0.3 is 15.2 Å². The topological polar surface area (TPSA) is 47.7 Å². The number of anilines is 1. The van der Waals surface area contributed by atoms with E-state index in [1.54, 1.807) is 12.1 Å². The molecule has 0 bridgehead atoms. The fourth-order valence-corrected chi connectivity index (χ4v) is 2.49. The van der Waals surface area contributed by atoms with Gasteiger partial charge in [0.25, 0.3) is 0 Å². The van der Waals surface area contributed by atoms with Gasteiger partial charge in [-0.2, -0.15) is 13.2 Å². The van der Waals surface area contributed by atoms with Gasteiger partial charge in [0.1, 0.15) is 13.2 Å². The first-order valence-electron chi connectivity index (χ1n) is 6.91. The van der Waals surface area contributed by atoms with Gasteiger partial charge in [0.05, 0.1) is 6.54 Å². The van der Waals surface area contributed by atoms with Crippen LogP contribution >= 0.6 is 0 Å². The maximum absolute atomic E-state index is 12.7. The highest BCUT2D eigenvalue weighted by Gasteiger charge is 2.38. The summed E-state index contributed by atoms with van der Waals surface area (Å²) in [5, 5.41) is 0. The largest absolute Gasteiger partial charge is 0.486 e. The molecule has 3 rings (SSSR count). The smallest absolute Gasteiger partial charge is 0.401 e. The van der Waals surface area contributed by atoms with Crippen molar-refractivity contribution in [3.63, 3.8) is 0 Å². The van der Waals surface area contributed by atoms with Crippen LogP contribution in [0.5, 0.6) is 11.5 Å². The van der Waals surface area contributed by atoms with E-state index in [2.05, 4.69) is 0 Å². The summed E-state index contributed by atoms with van der Waals surface area (Å²) in [6.45, 7) is 0.150. The van der Waals surface area contributed by atoms with E-state index in [0.29, 0.717) is 36.0 Å². The van der Waals surface area contributed by atoms with Crippen LogP contribution in [0.15, 0.2) is 12.1 Å². The number of alkyl halides is 3. The molecule has 0 saturated heterocycles. The van der Waals surface area contributed by atoms with Crippen molar-refractivity contribution in [3.8, 4) is 11.5 Å². The number of rotatable bonds is 4. The minimum Gasteiger partial charge on any atom is -0.486 e. The lowest BCUT2D eigenvalue weighted by molar-refractivity contribution is -0.148. The average molecular weight is 302 g/mol. The molecule has 0 unspecified atom stereocenters. The molecule has 7 heteroatoms. The summed E-state index contributed by atoms with van der Waals surface area (Å²) < 4.78 is 48.8. The normalized spacial score (nSPS) is 18.1. The van der Waals surface area contributed by atoms with Crippen molar-refractivity contribution < 1.29 is 22.6 Å². The molecule has 2 N–H and O–H groups in total. The van der Waals surface area contributed by atoms with E-state index in [1.165, 1.54) is 4.90 Å². The second kappa shape index (κ2) is 5.29. The third-order valence-corrected chi connectivity index (χ3v) is 3.62. The zero-order valence-corrected chi connectivity index (χ0v) is 11.4. The van der Waals surface area contributed by atoms with Gasteiger partial charge in [-0.05, 0) is 24.5 Å². The Morgan fingerprint density at radius 2 is 1.76 bits per heavy atom. The van der Waals surface area contributed by atoms with E-state index in [-0.39, 0.29) is 12.6 Å². The second-order valence-corrected chi connectivity index (χ2v) is 5.45. The van der Waals surface area contributed by atoms with Crippen LogP contribution in [-0.2, 0) is 6.54 Å². The molecule has 4 nitrogen and oxygen atoms in total. The predicted octanol–water partition coefficient (Wildman–Crippen LogP) is 2.57. The van der Waals surface area contributed by atoms with Gasteiger partial charge in [-0.25, -0.2) is 0 Å².